The summed E-state index contributed by atoms with van der Waals surface area (Å²) in [4.78, 5) is 4.11. The Morgan fingerprint density at radius 2 is 2.00 bits per heavy atom. The molecule has 0 spiro atoms. The Morgan fingerprint density at radius 3 is 2.50 bits per heavy atom. The van der Waals surface area contributed by atoms with E-state index in [2.05, 4.69) is 24.1 Å². The number of anilines is 1. The number of nitrogens with zero attached hydrogens (tertiary/aromatic N) is 1. The summed E-state index contributed by atoms with van der Waals surface area (Å²) < 4.78 is 38.0. The summed E-state index contributed by atoms with van der Waals surface area (Å²) >= 11 is 1.36. The molecule has 0 aliphatic heterocycles. The highest BCUT2D eigenvalue weighted by Crippen LogP contribution is 2.33. The van der Waals surface area contributed by atoms with E-state index in [1.807, 2.05) is 0 Å². The van der Waals surface area contributed by atoms with E-state index in [0.29, 0.717) is 10.9 Å². The molecule has 0 aliphatic rings. The number of thioether (sulfide) groups is 1. The maximum Gasteiger partial charge on any atom is 0.416 e. The molecular formula is C12H17F3N2S. The van der Waals surface area contributed by atoms with Crippen molar-refractivity contribution in [2.75, 3.05) is 18.1 Å². The zero-order valence-electron chi connectivity index (χ0n) is 10.6. The molecule has 1 aromatic rings. The summed E-state index contributed by atoms with van der Waals surface area (Å²) in [5.74, 6) is 1.55. The van der Waals surface area contributed by atoms with E-state index >= 15 is 0 Å². The Balaban J connectivity index is 2.84. The van der Waals surface area contributed by atoms with E-state index in [9.17, 15) is 13.2 Å². The Kier molecular flexibility index (Phi) is 5.31. The second kappa shape index (κ2) is 6.31. The third-order valence-electron chi connectivity index (χ3n) is 2.33. The highest BCUT2D eigenvalue weighted by Gasteiger charge is 2.31. The number of pyridine rings is 1. The van der Waals surface area contributed by atoms with Gasteiger partial charge in [0.2, 0.25) is 0 Å². The third-order valence-corrected chi connectivity index (χ3v) is 3.28. The number of rotatable bonds is 5. The maximum atomic E-state index is 12.7. The first kappa shape index (κ1) is 15.1. The van der Waals surface area contributed by atoms with E-state index in [1.165, 1.54) is 11.8 Å². The van der Waals surface area contributed by atoms with Crippen molar-refractivity contribution >= 4 is 17.6 Å². The van der Waals surface area contributed by atoms with E-state index in [1.54, 1.807) is 7.05 Å². The second-order valence-electron chi connectivity index (χ2n) is 4.36. The molecular weight excluding hydrogens is 261 g/mol. The van der Waals surface area contributed by atoms with Crippen molar-refractivity contribution in [1.29, 1.82) is 0 Å². The fraction of sp³-hybridized carbons (Fsp3) is 0.583. The van der Waals surface area contributed by atoms with Gasteiger partial charge in [0, 0.05) is 7.05 Å². The van der Waals surface area contributed by atoms with Crippen LogP contribution < -0.4 is 5.32 Å². The van der Waals surface area contributed by atoms with Gasteiger partial charge in [0.25, 0.3) is 0 Å². The predicted octanol–water partition coefficient (Wildman–Crippen LogP) is 4.28. The van der Waals surface area contributed by atoms with Gasteiger partial charge in [-0.25, -0.2) is 4.98 Å². The molecule has 6 heteroatoms. The Hall–Kier alpha value is -0.910. The van der Waals surface area contributed by atoms with E-state index < -0.39 is 11.7 Å². The number of hydrogen-bond acceptors (Lipinski definition) is 3. The van der Waals surface area contributed by atoms with Gasteiger partial charge in [-0.15, -0.1) is 11.8 Å². The zero-order chi connectivity index (χ0) is 13.8. The van der Waals surface area contributed by atoms with Crippen LogP contribution in [0.15, 0.2) is 17.2 Å². The van der Waals surface area contributed by atoms with E-state index in [-0.39, 0.29) is 5.82 Å². The van der Waals surface area contributed by atoms with Gasteiger partial charge < -0.3 is 5.32 Å². The quantitative estimate of drug-likeness (QED) is 0.814. The topological polar surface area (TPSA) is 24.9 Å². The second-order valence-corrected chi connectivity index (χ2v) is 5.47. The largest absolute Gasteiger partial charge is 0.416 e. The molecule has 0 saturated heterocycles. The SMILES string of the molecule is CNc1cc(C(F)(F)F)cc(SCCC(C)C)n1. The highest BCUT2D eigenvalue weighted by molar-refractivity contribution is 7.99. The third kappa shape index (κ3) is 4.76. The maximum absolute atomic E-state index is 12.7. The van der Waals surface area contributed by atoms with Gasteiger partial charge in [-0.3, -0.25) is 0 Å². The molecule has 102 valence electrons. The van der Waals surface area contributed by atoms with E-state index in [4.69, 9.17) is 0 Å². The van der Waals surface area contributed by atoms with Gasteiger partial charge >= 0.3 is 6.18 Å². The summed E-state index contributed by atoms with van der Waals surface area (Å²) in [5.41, 5.74) is -0.658. The smallest absolute Gasteiger partial charge is 0.373 e. The molecule has 1 aromatic heterocycles. The summed E-state index contributed by atoms with van der Waals surface area (Å²) in [6.07, 6.45) is -3.38. The Morgan fingerprint density at radius 1 is 1.33 bits per heavy atom. The fourth-order valence-corrected chi connectivity index (χ4v) is 2.44. The highest BCUT2D eigenvalue weighted by atomic mass is 32.2. The predicted molar refractivity (Wildman–Crippen MR) is 69.0 cm³/mol. The van der Waals surface area contributed by atoms with Crippen LogP contribution in [0.3, 0.4) is 0 Å². The lowest BCUT2D eigenvalue weighted by atomic mass is 10.2. The summed E-state index contributed by atoms with van der Waals surface area (Å²) in [6.45, 7) is 4.16. The van der Waals surface area contributed by atoms with Crippen LogP contribution in [0.5, 0.6) is 0 Å². The number of aromatic nitrogens is 1. The van der Waals surface area contributed by atoms with Crippen molar-refractivity contribution in [1.82, 2.24) is 4.98 Å². The Labute approximate surface area is 109 Å². The summed E-state index contributed by atoms with van der Waals surface area (Å²) in [7, 11) is 1.56. The molecule has 1 rings (SSSR count). The number of hydrogen-bond donors (Lipinski definition) is 1. The average Bonchev–Trinajstić information content (AvgIpc) is 2.27. The normalized spacial score (nSPS) is 11.9. The molecule has 1 N–H and O–H groups in total. The van der Waals surface area contributed by atoms with Crippen LogP contribution in [-0.4, -0.2) is 17.8 Å². The molecule has 1 heterocycles. The molecule has 18 heavy (non-hydrogen) atoms. The molecule has 0 unspecified atom stereocenters. The molecule has 0 radical (unpaired) electrons. The first-order valence-corrected chi connectivity index (χ1v) is 6.71. The van der Waals surface area contributed by atoms with Crippen LogP contribution in [0.4, 0.5) is 19.0 Å². The monoisotopic (exact) mass is 278 g/mol. The Bertz CT molecular complexity index is 391. The molecule has 0 aromatic carbocycles. The van der Waals surface area contributed by atoms with Crippen LogP contribution in [0, 0.1) is 5.92 Å². The van der Waals surface area contributed by atoms with Crippen molar-refractivity contribution in [3.63, 3.8) is 0 Å². The lowest BCUT2D eigenvalue weighted by Gasteiger charge is -2.11. The first-order valence-electron chi connectivity index (χ1n) is 5.72. The lowest BCUT2D eigenvalue weighted by Crippen LogP contribution is -2.07. The van der Waals surface area contributed by atoms with Crippen molar-refractivity contribution in [3.05, 3.63) is 17.7 Å². The van der Waals surface area contributed by atoms with Gasteiger partial charge in [-0.05, 0) is 30.2 Å². The summed E-state index contributed by atoms with van der Waals surface area (Å²) in [6, 6.07) is 2.12. The van der Waals surface area contributed by atoms with Crippen LogP contribution >= 0.6 is 11.8 Å². The van der Waals surface area contributed by atoms with Gasteiger partial charge in [0.05, 0.1) is 10.6 Å². The minimum Gasteiger partial charge on any atom is -0.373 e. The standard InChI is InChI=1S/C12H17F3N2S/c1-8(2)4-5-18-11-7-9(12(13,14)15)6-10(16-3)17-11/h6-8H,4-5H2,1-3H3,(H,16,17). The molecule has 0 saturated carbocycles. The molecule has 0 fully saturated rings. The van der Waals surface area contributed by atoms with Gasteiger partial charge in [0.15, 0.2) is 0 Å². The number of alkyl halides is 3. The molecule has 0 bridgehead atoms. The van der Waals surface area contributed by atoms with Crippen LogP contribution in [0.2, 0.25) is 0 Å². The minimum atomic E-state index is -4.33. The fourth-order valence-electron chi connectivity index (χ4n) is 1.27. The lowest BCUT2D eigenvalue weighted by molar-refractivity contribution is -0.137. The number of halogens is 3. The molecule has 0 aliphatic carbocycles. The van der Waals surface area contributed by atoms with Crippen molar-refractivity contribution in [2.24, 2.45) is 5.92 Å². The molecule has 2 nitrogen and oxygen atoms in total. The minimum absolute atomic E-state index is 0.247. The first-order chi connectivity index (χ1) is 8.32. The molecule has 0 atom stereocenters. The van der Waals surface area contributed by atoms with Gasteiger partial charge in [-0.1, -0.05) is 13.8 Å². The average molecular weight is 278 g/mol. The van der Waals surface area contributed by atoms with Crippen molar-refractivity contribution in [2.45, 2.75) is 31.5 Å². The van der Waals surface area contributed by atoms with Crippen molar-refractivity contribution < 1.29 is 13.2 Å². The van der Waals surface area contributed by atoms with Crippen LogP contribution in [0.1, 0.15) is 25.8 Å². The summed E-state index contributed by atoms with van der Waals surface area (Å²) in [5, 5.41) is 3.07. The van der Waals surface area contributed by atoms with Gasteiger partial charge in [0.1, 0.15) is 5.82 Å². The van der Waals surface area contributed by atoms with Crippen LogP contribution in [0.25, 0.3) is 0 Å². The number of nitrogens with one attached hydrogen (secondary N) is 1. The zero-order valence-corrected chi connectivity index (χ0v) is 11.5. The molecule has 0 amide bonds. The van der Waals surface area contributed by atoms with Crippen LogP contribution in [-0.2, 0) is 6.18 Å². The van der Waals surface area contributed by atoms with Crippen molar-refractivity contribution in [3.8, 4) is 0 Å². The van der Waals surface area contributed by atoms with E-state index in [0.717, 1.165) is 24.3 Å². The van der Waals surface area contributed by atoms with Gasteiger partial charge in [-0.2, -0.15) is 13.2 Å².